The Morgan fingerprint density at radius 3 is 2.62 bits per heavy atom. The van der Waals surface area contributed by atoms with Gasteiger partial charge in [0.15, 0.2) is 0 Å². The van der Waals surface area contributed by atoms with Crippen LogP contribution in [0, 0.1) is 13.8 Å². The number of amides is 1. The lowest BCUT2D eigenvalue weighted by Crippen LogP contribution is -2.26. The molecule has 0 aliphatic rings. The second-order valence-electron chi connectivity index (χ2n) is 4.87. The van der Waals surface area contributed by atoms with Crippen molar-refractivity contribution in [2.75, 3.05) is 13.2 Å². The van der Waals surface area contributed by atoms with Gasteiger partial charge in [-0.3, -0.25) is 4.79 Å². The van der Waals surface area contributed by atoms with Crippen LogP contribution in [0.2, 0.25) is 5.15 Å². The lowest BCUT2D eigenvalue weighted by atomic mass is 10.1. The molecular formula is C15H18ClN3O2. The molecule has 2 rings (SSSR count). The van der Waals surface area contributed by atoms with Crippen LogP contribution in [0.1, 0.15) is 27.2 Å². The Morgan fingerprint density at radius 1 is 1.33 bits per heavy atom. The SMILES string of the molecule is Cc1ccc(Cn2nc(C)c(C(=O)NCCO)c2Cl)cc1. The number of nitrogens with zero attached hydrogens (tertiary/aromatic N) is 2. The van der Waals surface area contributed by atoms with Crippen LogP contribution in [0.15, 0.2) is 24.3 Å². The average molecular weight is 308 g/mol. The van der Waals surface area contributed by atoms with E-state index in [1.807, 2.05) is 31.2 Å². The molecule has 2 aromatic rings. The van der Waals surface area contributed by atoms with Crippen molar-refractivity contribution in [3.8, 4) is 0 Å². The third-order valence-electron chi connectivity index (χ3n) is 3.14. The molecule has 6 heteroatoms. The predicted octanol–water partition coefficient (Wildman–Crippen LogP) is 1.92. The molecule has 0 radical (unpaired) electrons. The molecule has 1 amide bonds. The number of aromatic nitrogens is 2. The number of rotatable bonds is 5. The summed E-state index contributed by atoms with van der Waals surface area (Å²) in [5.74, 6) is -0.318. The van der Waals surface area contributed by atoms with Crippen LogP contribution >= 0.6 is 11.6 Å². The van der Waals surface area contributed by atoms with Crippen LogP contribution in [0.5, 0.6) is 0 Å². The van der Waals surface area contributed by atoms with Gasteiger partial charge in [0.1, 0.15) is 5.15 Å². The van der Waals surface area contributed by atoms with Crippen molar-refractivity contribution >= 4 is 17.5 Å². The van der Waals surface area contributed by atoms with Gasteiger partial charge in [-0.05, 0) is 19.4 Å². The molecule has 1 aromatic heterocycles. The Hall–Kier alpha value is -1.85. The highest BCUT2D eigenvalue weighted by Gasteiger charge is 2.19. The fraction of sp³-hybridized carbons (Fsp3) is 0.333. The van der Waals surface area contributed by atoms with Crippen molar-refractivity contribution in [3.05, 3.63) is 51.8 Å². The van der Waals surface area contributed by atoms with Gasteiger partial charge in [0.25, 0.3) is 5.91 Å². The number of nitrogens with one attached hydrogen (secondary N) is 1. The summed E-state index contributed by atoms with van der Waals surface area (Å²) in [5.41, 5.74) is 3.18. The van der Waals surface area contributed by atoms with Crippen LogP contribution in [0.3, 0.4) is 0 Å². The van der Waals surface area contributed by atoms with Gasteiger partial charge < -0.3 is 10.4 Å². The van der Waals surface area contributed by atoms with Gasteiger partial charge in [-0.2, -0.15) is 5.10 Å². The van der Waals surface area contributed by atoms with E-state index in [4.69, 9.17) is 16.7 Å². The molecule has 0 aliphatic heterocycles. The summed E-state index contributed by atoms with van der Waals surface area (Å²) < 4.78 is 1.61. The number of halogens is 1. The number of aliphatic hydroxyl groups is 1. The van der Waals surface area contributed by atoms with Crippen molar-refractivity contribution in [1.29, 1.82) is 0 Å². The first-order valence-electron chi connectivity index (χ1n) is 6.70. The van der Waals surface area contributed by atoms with Gasteiger partial charge in [0, 0.05) is 6.54 Å². The van der Waals surface area contributed by atoms with Crippen LogP contribution in [0.4, 0.5) is 0 Å². The summed E-state index contributed by atoms with van der Waals surface area (Å²) in [5, 5.41) is 16.0. The molecule has 21 heavy (non-hydrogen) atoms. The molecule has 0 spiro atoms. The zero-order valence-corrected chi connectivity index (χ0v) is 12.8. The predicted molar refractivity (Wildman–Crippen MR) is 81.7 cm³/mol. The minimum absolute atomic E-state index is 0.111. The quantitative estimate of drug-likeness (QED) is 0.887. The molecule has 1 aromatic carbocycles. The van der Waals surface area contributed by atoms with Crippen molar-refractivity contribution < 1.29 is 9.90 Å². The molecule has 0 fully saturated rings. The van der Waals surface area contributed by atoms with Crippen molar-refractivity contribution in [1.82, 2.24) is 15.1 Å². The number of hydrogen-bond donors (Lipinski definition) is 2. The summed E-state index contributed by atoms with van der Waals surface area (Å²) in [6.45, 7) is 4.36. The van der Waals surface area contributed by atoms with E-state index in [-0.39, 0.29) is 19.1 Å². The zero-order valence-electron chi connectivity index (χ0n) is 12.1. The monoisotopic (exact) mass is 307 g/mol. The Kier molecular flexibility index (Phi) is 4.98. The largest absolute Gasteiger partial charge is 0.395 e. The van der Waals surface area contributed by atoms with Crippen molar-refractivity contribution in [2.45, 2.75) is 20.4 Å². The van der Waals surface area contributed by atoms with Crippen LogP contribution in [0.25, 0.3) is 0 Å². The zero-order chi connectivity index (χ0) is 15.4. The molecule has 0 atom stereocenters. The lowest BCUT2D eigenvalue weighted by Gasteiger charge is -2.05. The second-order valence-corrected chi connectivity index (χ2v) is 5.23. The maximum Gasteiger partial charge on any atom is 0.256 e. The molecule has 0 bridgehead atoms. The number of hydrogen-bond acceptors (Lipinski definition) is 3. The fourth-order valence-corrected chi connectivity index (χ4v) is 2.36. The van der Waals surface area contributed by atoms with E-state index in [9.17, 15) is 4.79 Å². The third kappa shape index (κ3) is 3.62. The Bertz CT molecular complexity index is 635. The van der Waals surface area contributed by atoms with E-state index in [2.05, 4.69) is 10.4 Å². The van der Waals surface area contributed by atoms with E-state index < -0.39 is 0 Å². The molecule has 0 aliphatic carbocycles. The first-order valence-corrected chi connectivity index (χ1v) is 7.08. The number of carbonyl (C=O) groups is 1. The van der Waals surface area contributed by atoms with E-state index in [0.29, 0.717) is 23.0 Å². The highest BCUT2D eigenvalue weighted by atomic mass is 35.5. The number of benzene rings is 1. The summed E-state index contributed by atoms with van der Waals surface area (Å²) in [6.07, 6.45) is 0. The standard InChI is InChI=1S/C15H18ClN3O2/c1-10-3-5-12(6-4-10)9-19-14(16)13(11(2)18-19)15(21)17-7-8-20/h3-6,20H,7-9H2,1-2H3,(H,17,21). The Morgan fingerprint density at radius 2 is 2.00 bits per heavy atom. The molecule has 5 nitrogen and oxygen atoms in total. The molecule has 0 saturated heterocycles. The normalized spacial score (nSPS) is 10.7. The van der Waals surface area contributed by atoms with Gasteiger partial charge in [0.05, 0.1) is 24.4 Å². The highest BCUT2D eigenvalue weighted by molar-refractivity contribution is 6.33. The molecular weight excluding hydrogens is 290 g/mol. The van der Waals surface area contributed by atoms with E-state index in [1.54, 1.807) is 11.6 Å². The van der Waals surface area contributed by atoms with E-state index in [0.717, 1.165) is 5.56 Å². The van der Waals surface area contributed by atoms with Gasteiger partial charge in [0.2, 0.25) is 0 Å². The third-order valence-corrected chi connectivity index (χ3v) is 3.53. The van der Waals surface area contributed by atoms with Gasteiger partial charge in [-0.1, -0.05) is 41.4 Å². The maximum absolute atomic E-state index is 12.0. The summed E-state index contributed by atoms with van der Waals surface area (Å²) >= 11 is 6.26. The van der Waals surface area contributed by atoms with Crippen LogP contribution in [-0.4, -0.2) is 33.9 Å². The molecule has 1 heterocycles. The first kappa shape index (κ1) is 15.5. The topological polar surface area (TPSA) is 67.2 Å². The van der Waals surface area contributed by atoms with Gasteiger partial charge in [-0.15, -0.1) is 0 Å². The lowest BCUT2D eigenvalue weighted by molar-refractivity contribution is 0.0944. The average Bonchev–Trinajstić information content (AvgIpc) is 2.73. The van der Waals surface area contributed by atoms with E-state index in [1.165, 1.54) is 5.56 Å². The van der Waals surface area contributed by atoms with E-state index >= 15 is 0 Å². The smallest absolute Gasteiger partial charge is 0.256 e. The second kappa shape index (κ2) is 6.74. The summed E-state index contributed by atoms with van der Waals surface area (Å²) in [6, 6.07) is 8.06. The number of carbonyl (C=O) groups excluding carboxylic acids is 1. The van der Waals surface area contributed by atoms with Crippen LogP contribution in [-0.2, 0) is 6.54 Å². The Labute approximate surface area is 128 Å². The highest BCUT2D eigenvalue weighted by Crippen LogP contribution is 2.21. The minimum atomic E-state index is -0.318. The molecule has 0 unspecified atom stereocenters. The molecule has 112 valence electrons. The number of aryl methyl sites for hydroxylation is 2. The first-order chi connectivity index (χ1) is 10.0. The minimum Gasteiger partial charge on any atom is -0.395 e. The molecule has 0 saturated carbocycles. The Balaban J connectivity index is 2.22. The number of aliphatic hydroxyl groups excluding tert-OH is 1. The fourth-order valence-electron chi connectivity index (χ4n) is 2.04. The summed E-state index contributed by atoms with van der Waals surface area (Å²) in [7, 11) is 0. The van der Waals surface area contributed by atoms with Crippen molar-refractivity contribution in [3.63, 3.8) is 0 Å². The van der Waals surface area contributed by atoms with Crippen molar-refractivity contribution in [2.24, 2.45) is 0 Å². The van der Waals surface area contributed by atoms with Crippen LogP contribution < -0.4 is 5.32 Å². The maximum atomic E-state index is 12.0. The van der Waals surface area contributed by atoms with Gasteiger partial charge in [-0.25, -0.2) is 4.68 Å². The summed E-state index contributed by atoms with van der Waals surface area (Å²) in [4.78, 5) is 12.0. The van der Waals surface area contributed by atoms with Gasteiger partial charge >= 0.3 is 0 Å². The molecule has 2 N–H and O–H groups in total.